The summed E-state index contributed by atoms with van der Waals surface area (Å²) < 4.78 is 12.0. The minimum absolute atomic E-state index is 0.535. The highest BCUT2D eigenvalue weighted by Gasteiger charge is 1.93. The van der Waals surface area contributed by atoms with Gasteiger partial charge in [0, 0.05) is 12.1 Å². The lowest BCUT2D eigenvalue weighted by molar-refractivity contribution is 0.550. The van der Waals surface area contributed by atoms with Crippen LogP contribution in [0, 0.1) is 6.08 Å². The Morgan fingerprint density at radius 1 is 1.89 bits per heavy atom. The van der Waals surface area contributed by atoms with Gasteiger partial charge in [-0.15, -0.1) is 6.58 Å². The Hall–Kier alpha value is -1.12. The number of nitrogens with one attached hydrogen (secondary N) is 1. The van der Waals surface area contributed by atoms with E-state index in [1.807, 2.05) is 0 Å². The molecule has 9 heavy (non-hydrogen) atoms. The monoisotopic (exact) mass is 126 g/mol. The summed E-state index contributed by atoms with van der Waals surface area (Å²) in [5, 5.41) is 0. The minimum atomic E-state index is -0.535. The molecular weight excluding hydrogens is 119 g/mol. The van der Waals surface area contributed by atoms with Gasteiger partial charge in [0.15, 0.2) is 0 Å². The highest BCUT2D eigenvalue weighted by molar-refractivity contribution is 4.99. The first kappa shape index (κ1) is 6.01. The second-order valence-electron chi connectivity index (χ2n) is 1.69. The first-order valence-electron chi connectivity index (χ1n) is 2.63. The van der Waals surface area contributed by atoms with Crippen molar-refractivity contribution in [2.45, 2.75) is 6.42 Å². The van der Waals surface area contributed by atoms with Crippen molar-refractivity contribution in [2.24, 2.45) is 0 Å². The number of imidazole rings is 1. The Kier molecular flexibility index (Phi) is 1.63. The van der Waals surface area contributed by atoms with E-state index in [0.717, 1.165) is 5.69 Å². The molecule has 2 nitrogen and oxygen atoms in total. The molecule has 0 aliphatic rings. The first-order chi connectivity index (χ1) is 4.33. The van der Waals surface area contributed by atoms with Crippen LogP contribution in [-0.2, 0) is 6.42 Å². The normalized spacial score (nSPS) is 9.44. The van der Waals surface area contributed by atoms with Gasteiger partial charge in [-0.25, -0.2) is 4.98 Å². The highest BCUT2D eigenvalue weighted by Crippen LogP contribution is 1.95. The lowest BCUT2D eigenvalue weighted by atomic mass is 10.3. The fourth-order valence-electron chi connectivity index (χ4n) is 0.591. The lowest BCUT2D eigenvalue weighted by Gasteiger charge is -1.82. The molecule has 0 unspecified atom stereocenters. The third kappa shape index (κ3) is 1.38. The Balaban J connectivity index is 2.72. The average Bonchev–Trinajstić information content (AvgIpc) is 2.17. The molecule has 0 fully saturated rings. The van der Waals surface area contributed by atoms with E-state index in [1.54, 1.807) is 6.08 Å². The molecule has 1 aromatic rings. The van der Waals surface area contributed by atoms with Crippen LogP contribution >= 0.6 is 0 Å². The van der Waals surface area contributed by atoms with Crippen LogP contribution in [0.1, 0.15) is 5.69 Å². The maximum Gasteiger partial charge on any atom is 0.286 e. The second-order valence-corrected chi connectivity index (χ2v) is 1.69. The standard InChI is InChI=1S/C6H7FN2/c1-2-3-5-4-8-6(7)9-5/h2,4H,1,3H2,(H,8,9). The molecule has 0 atom stereocenters. The second kappa shape index (κ2) is 2.44. The predicted octanol–water partition coefficient (Wildman–Crippen LogP) is 1.28. The largest absolute Gasteiger partial charge is 0.318 e. The highest BCUT2D eigenvalue weighted by atomic mass is 19.1. The van der Waals surface area contributed by atoms with Crippen LogP contribution in [0.15, 0.2) is 18.9 Å². The Bertz CT molecular complexity index is 205. The number of halogens is 1. The smallest absolute Gasteiger partial charge is 0.286 e. The number of hydrogen-bond acceptors (Lipinski definition) is 1. The predicted molar refractivity (Wildman–Crippen MR) is 32.4 cm³/mol. The van der Waals surface area contributed by atoms with Gasteiger partial charge in [-0.1, -0.05) is 6.08 Å². The molecule has 0 radical (unpaired) electrons. The van der Waals surface area contributed by atoms with E-state index >= 15 is 0 Å². The Morgan fingerprint density at radius 2 is 2.67 bits per heavy atom. The van der Waals surface area contributed by atoms with Gasteiger partial charge >= 0.3 is 0 Å². The van der Waals surface area contributed by atoms with Crippen molar-refractivity contribution in [2.75, 3.05) is 0 Å². The van der Waals surface area contributed by atoms with Crippen molar-refractivity contribution in [1.29, 1.82) is 0 Å². The summed E-state index contributed by atoms with van der Waals surface area (Å²) in [5.74, 6) is 0. The molecule has 3 heteroatoms. The molecule has 1 rings (SSSR count). The average molecular weight is 126 g/mol. The summed E-state index contributed by atoms with van der Waals surface area (Å²) in [5.41, 5.74) is 0.752. The molecule has 1 heterocycles. The molecule has 0 aliphatic heterocycles. The van der Waals surface area contributed by atoms with Gasteiger partial charge in [-0.2, -0.15) is 4.39 Å². The van der Waals surface area contributed by atoms with E-state index in [9.17, 15) is 4.39 Å². The van der Waals surface area contributed by atoms with Crippen LogP contribution in [-0.4, -0.2) is 9.97 Å². The molecule has 0 saturated carbocycles. The van der Waals surface area contributed by atoms with E-state index in [2.05, 4.69) is 16.5 Å². The lowest BCUT2D eigenvalue weighted by Crippen LogP contribution is -1.79. The van der Waals surface area contributed by atoms with Gasteiger partial charge in [0.1, 0.15) is 0 Å². The van der Waals surface area contributed by atoms with Gasteiger partial charge < -0.3 is 4.98 Å². The number of H-pyrrole nitrogens is 1. The van der Waals surface area contributed by atoms with Gasteiger partial charge in [-0.3, -0.25) is 0 Å². The van der Waals surface area contributed by atoms with Crippen LogP contribution in [0.3, 0.4) is 0 Å². The van der Waals surface area contributed by atoms with Crippen LogP contribution in [0.5, 0.6) is 0 Å². The van der Waals surface area contributed by atoms with Crippen molar-refractivity contribution in [3.05, 3.63) is 30.6 Å². The SMILES string of the molecule is C=CCc1cnc(F)[nH]1. The summed E-state index contributed by atoms with van der Waals surface area (Å²) >= 11 is 0. The number of aromatic nitrogens is 2. The summed E-state index contributed by atoms with van der Waals surface area (Å²) in [4.78, 5) is 5.79. The maximum atomic E-state index is 12.0. The quantitative estimate of drug-likeness (QED) is 0.594. The molecule has 0 bridgehead atoms. The molecule has 0 aromatic carbocycles. The fourth-order valence-corrected chi connectivity index (χ4v) is 0.591. The fraction of sp³-hybridized carbons (Fsp3) is 0.167. The first-order valence-corrected chi connectivity index (χ1v) is 2.63. The zero-order valence-electron chi connectivity index (χ0n) is 4.89. The van der Waals surface area contributed by atoms with E-state index in [0.29, 0.717) is 6.42 Å². The molecule has 0 spiro atoms. The van der Waals surface area contributed by atoms with Crippen LogP contribution in [0.25, 0.3) is 0 Å². The van der Waals surface area contributed by atoms with Crippen LogP contribution in [0.4, 0.5) is 4.39 Å². The molecule has 0 aliphatic carbocycles. The number of hydrogen-bond donors (Lipinski definition) is 1. The summed E-state index contributed by atoms with van der Waals surface area (Å²) in [7, 11) is 0. The zero-order chi connectivity index (χ0) is 6.69. The van der Waals surface area contributed by atoms with E-state index in [1.165, 1.54) is 6.20 Å². The molecule has 0 saturated heterocycles. The van der Waals surface area contributed by atoms with Gasteiger partial charge in [-0.05, 0) is 0 Å². The van der Waals surface area contributed by atoms with E-state index < -0.39 is 6.08 Å². The van der Waals surface area contributed by atoms with Crippen molar-refractivity contribution >= 4 is 0 Å². The van der Waals surface area contributed by atoms with Crippen LogP contribution in [0.2, 0.25) is 0 Å². The molecule has 0 amide bonds. The third-order valence-corrected chi connectivity index (χ3v) is 0.962. The van der Waals surface area contributed by atoms with Crippen molar-refractivity contribution in [3.8, 4) is 0 Å². The Morgan fingerprint density at radius 3 is 3.11 bits per heavy atom. The third-order valence-electron chi connectivity index (χ3n) is 0.962. The van der Waals surface area contributed by atoms with E-state index in [-0.39, 0.29) is 0 Å². The summed E-state index contributed by atoms with van der Waals surface area (Å²) in [6, 6.07) is 0. The topological polar surface area (TPSA) is 28.7 Å². The number of rotatable bonds is 2. The minimum Gasteiger partial charge on any atom is -0.318 e. The number of allylic oxidation sites excluding steroid dienone is 1. The molecule has 1 N–H and O–H groups in total. The maximum absolute atomic E-state index is 12.0. The number of nitrogens with zero attached hydrogens (tertiary/aromatic N) is 1. The summed E-state index contributed by atoms with van der Waals surface area (Å²) in [6.07, 6.45) is 3.24. The Labute approximate surface area is 52.4 Å². The van der Waals surface area contributed by atoms with Gasteiger partial charge in [0.2, 0.25) is 0 Å². The van der Waals surface area contributed by atoms with Gasteiger partial charge in [0.25, 0.3) is 6.08 Å². The molecule has 1 aromatic heterocycles. The zero-order valence-corrected chi connectivity index (χ0v) is 4.89. The van der Waals surface area contributed by atoms with Crippen molar-refractivity contribution in [3.63, 3.8) is 0 Å². The molecular formula is C6H7FN2. The van der Waals surface area contributed by atoms with E-state index in [4.69, 9.17) is 0 Å². The van der Waals surface area contributed by atoms with Crippen molar-refractivity contribution in [1.82, 2.24) is 9.97 Å². The molecule has 48 valence electrons. The number of aromatic amines is 1. The van der Waals surface area contributed by atoms with Crippen molar-refractivity contribution < 1.29 is 4.39 Å². The van der Waals surface area contributed by atoms with Gasteiger partial charge in [0.05, 0.1) is 6.20 Å². The van der Waals surface area contributed by atoms with Crippen LogP contribution < -0.4 is 0 Å². The summed E-state index contributed by atoms with van der Waals surface area (Å²) in [6.45, 7) is 3.49.